The Hall–Kier alpha value is -3.71. The molecule has 5 rings (SSSR count). The van der Waals surface area contributed by atoms with Crippen molar-refractivity contribution < 1.29 is 23.1 Å². The Balaban J connectivity index is 1.27. The monoisotopic (exact) mass is 558 g/mol. The fraction of sp³-hybridized carbons (Fsp3) is 0.519. The Labute approximate surface area is 232 Å². The lowest BCUT2D eigenvalue weighted by molar-refractivity contribution is -0.114. The summed E-state index contributed by atoms with van der Waals surface area (Å²) in [6.45, 7) is 4.73. The van der Waals surface area contributed by atoms with Crippen LogP contribution in [0.3, 0.4) is 0 Å². The molecular weight excluding hydrogens is 522 g/mol. The molecule has 0 unspecified atom stereocenters. The van der Waals surface area contributed by atoms with Crippen LogP contribution in [0, 0.1) is 0 Å². The summed E-state index contributed by atoms with van der Waals surface area (Å²) in [6, 6.07) is 6.23. The van der Waals surface area contributed by atoms with Crippen LogP contribution in [0.15, 0.2) is 35.8 Å². The number of ether oxygens (including phenoxy) is 1. The van der Waals surface area contributed by atoms with Crippen molar-refractivity contribution in [3.8, 4) is 5.75 Å². The molecule has 0 spiro atoms. The topological polar surface area (TPSA) is 135 Å². The van der Waals surface area contributed by atoms with Crippen LogP contribution in [-0.2, 0) is 16.1 Å². The van der Waals surface area contributed by atoms with E-state index in [0.717, 1.165) is 31.6 Å². The minimum atomic E-state index is -2.52. The number of amides is 1. The first-order valence-corrected chi connectivity index (χ1v) is 13.6. The number of anilines is 4. The molecule has 1 aromatic carbocycles. The molecule has 3 aliphatic heterocycles. The number of carbonyl (C=O) groups is 1. The number of methoxy groups -OCH3 is 1. The van der Waals surface area contributed by atoms with Crippen molar-refractivity contribution in [2.24, 2.45) is 11.5 Å². The maximum atomic E-state index is 13.6. The summed E-state index contributed by atoms with van der Waals surface area (Å²) >= 11 is 0. The van der Waals surface area contributed by atoms with Crippen LogP contribution >= 0.6 is 0 Å². The second-order valence-corrected chi connectivity index (χ2v) is 10.3. The SMILES string of the molecule is CCON1C(N)=C(C(N)=O)Cc2cnc(Nc3ccc(N4CCC(N5CCC(F)(F)CC5)CC4)cc3OC)nc21. The molecule has 13 heteroatoms. The molecule has 0 bridgehead atoms. The van der Waals surface area contributed by atoms with E-state index in [0.29, 0.717) is 54.5 Å². The van der Waals surface area contributed by atoms with E-state index < -0.39 is 11.8 Å². The Morgan fingerprint density at radius 3 is 2.58 bits per heavy atom. The highest BCUT2D eigenvalue weighted by molar-refractivity contribution is 5.94. The Kier molecular flexibility index (Phi) is 7.95. The number of piperidine rings is 2. The van der Waals surface area contributed by atoms with Gasteiger partial charge in [-0.25, -0.2) is 13.8 Å². The van der Waals surface area contributed by atoms with Gasteiger partial charge < -0.3 is 26.4 Å². The van der Waals surface area contributed by atoms with Crippen LogP contribution in [0.2, 0.25) is 0 Å². The standard InChI is InChI=1S/C27H36F2N8O3/c1-3-40-37-23(30)20(24(31)38)14-17-16-32-26(34-25(17)37)33-21-5-4-19(15-22(21)39-2)35-10-6-18(7-11-35)36-12-8-27(28,29)9-13-36/h4-5,15-16,18H,3,6-14,30H2,1-2H3,(H2,31,38)(H,32,33,34). The number of halogens is 2. The summed E-state index contributed by atoms with van der Waals surface area (Å²) in [5, 5.41) is 4.52. The van der Waals surface area contributed by atoms with Gasteiger partial charge in [0, 0.05) is 75.0 Å². The summed E-state index contributed by atoms with van der Waals surface area (Å²) in [5.74, 6) is -1.68. The number of carbonyl (C=O) groups excluding carboxylic acids is 1. The average molecular weight is 559 g/mol. The molecule has 11 nitrogen and oxygen atoms in total. The Morgan fingerprint density at radius 2 is 1.93 bits per heavy atom. The van der Waals surface area contributed by atoms with Gasteiger partial charge in [0.15, 0.2) is 5.82 Å². The molecular formula is C27H36F2N8O3. The van der Waals surface area contributed by atoms with Crippen molar-refractivity contribution in [2.45, 2.75) is 51.0 Å². The number of alkyl halides is 2. The summed E-state index contributed by atoms with van der Waals surface area (Å²) in [5.41, 5.74) is 14.3. The van der Waals surface area contributed by atoms with Crippen molar-refractivity contribution >= 4 is 29.0 Å². The van der Waals surface area contributed by atoms with Gasteiger partial charge in [-0.2, -0.15) is 10.0 Å². The molecule has 1 amide bonds. The van der Waals surface area contributed by atoms with Gasteiger partial charge in [0.1, 0.15) is 11.6 Å². The molecule has 4 heterocycles. The van der Waals surface area contributed by atoms with E-state index in [2.05, 4.69) is 25.1 Å². The molecule has 2 aromatic rings. The molecule has 3 aliphatic rings. The molecule has 2 saturated heterocycles. The lowest BCUT2D eigenvalue weighted by atomic mass is 9.98. The zero-order valence-corrected chi connectivity index (χ0v) is 22.8. The largest absolute Gasteiger partial charge is 0.494 e. The van der Waals surface area contributed by atoms with E-state index in [1.165, 1.54) is 5.06 Å². The van der Waals surface area contributed by atoms with Crippen molar-refractivity contribution in [3.63, 3.8) is 0 Å². The average Bonchev–Trinajstić information content (AvgIpc) is 2.95. The number of benzene rings is 1. The quantitative estimate of drug-likeness (QED) is 0.444. The third-order valence-corrected chi connectivity index (χ3v) is 7.79. The summed E-state index contributed by atoms with van der Waals surface area (Å²) < 4.78 is 32.8. The fourth-order valence-electron chi connectivity index (χ4n) is 5.56. The summed E-state index contributed by atoms with van der Waals surface area (Å²) in [4.78, 5) is 31.0. The normalized spacial score (nSPS) is 19.9. The van der Waals surface area contributed by atoms with Crippen molar-refractivity contribution in [3.05, 3.63) is 41.4 Å². The van der Waals surface area contributed by atoms with Crippen LogP contribution in [0.25, 0.3) is 0 Å². The number of nitrogens with zero attached hydrogens (tertiary/aromatic N) is 5. The number of primary amides is 1. The molecule has 1 aromatic heterocycles. The fourth-order valence-corrected chi connectivity index (χ4v) is 5.56. The number of nitrogens with two attached hydrogens (primary N) is 2. The molecule has 5 N–H and O–H groups in total. The van der Waals surface area contributed by atoms with Gasteiger partial charge in [0.05, 0.1) is 25.0 Å². The van der Waals surface area contributed by atoms with E-state index in [-0.39, 0.29) is 30.7 Å². The van der Waals surface area contributed by atoms with Crippen LogP contribution in [0.1, 0.15) is 38.2 Å². The minimum Gasteiger partial charge on any atom is -0.494 e. The molecule has 2 fully saturated rings. The first-order valence-electron chi connectivity index (χ1n) is 13.6. The van der Waals surface area contributed by atoms with Crippen molar-refractivity contribution in [1.82, 2.24) is 14.9 Å². The first kappa shape index (κ1) is 27.8. The molecule has 0 saturated carbocycles. The lowest BCUT2D eigenvalue weighted by Gasteiger charge is -2.42. The van der Waals surface area contributed by atoms with Crippen LogP contribution in [-0.4, -0.2) is 72.6 Å². The smallest absolute Gasteiger partial charge is 0.250 e. The highest BCUT2D eigenvalue weighted by Gasteiger charge is 2.37. The Bertz CT molecular complexity index is 1270. The highest BCUT2D eigenvalue weighted by atomic mass is 19.3. The number of hydrogen-bond donors (Lipinski definition) is 3. The molecule has 40 heavy (non-hydrogen) atoms. The number of hydrogen-bond acceptors (Lipinski definition) is 10. The van der Waals surface area contributed by atoms with E-state index in [4.69, 9.17) is 21.0 Å². The highest BCUT2D eigenvalue weighted by Crippen LogP contribution is 2.36. The molecule has 216 valence electrons. The number of fused-ring (bicyclic) bond motifs is 1. The van der Waals surface area contributed by atoms with Gasteiger partial charge in [-0.05, 0) is 31.9 Å². The van der Waals surface area contributed by atoms with Gasteiger partial charge in [0.25, 0.3) is 5.92 Å². The number of aromatic nitrogens is 2. The van der Waals surface area contributed by atoms with Crippen LogP contribution < -0.4 is 31.5 Å². The van der Waals surface area contributed by atoms with E-state index in [9.17, 15) is 13.6 Å². The maximum Gasteiger partial charge on any atom is 0.250 e. The predicted molar refractivity (Wildman–Crippen MR) is 148 cm³/mol. The number of nitrogens with one attached hydrogen (secondary N) is 1. The second kappa shape index (κ2) is 11.4. The van der Waals surface area contributed by atoms with Gasteiger partial charge >= 0.3 is 0 Å². The summed E-state index contributed by atoms with van der Waals surface area (Å²) in [7, 11) is 1.60. The van der Waals surface area contributed by atoms with E-state index in [1.54, 1.807) is 20.2 Å². The summed E-state index contributed by atoms with van der Waals surface area (Å²) in [6.07, 6.45) is 3.59. The van der Waals surface area contributed by atoms with Gasteiger partial charge in [-0.1, -0.05) is 0 Å². The molecule has 0 radical (unpaired) electrons. The third kappa shape index (κ3) is 5.75. The van der Waals surface area contributed by atoms with Crippen LogP contribution in [0.4, 0.5) is 31.9 Å². The zero-order valence-electron chi connectivity index (χ0n) is 22.8. The van der Waals surface area contributed by atoms with Gasteiger partial charge in [-0.3, -0.25) is 14.5 Å². The van der Waals surface area contributed by atoms with E-state index >= 15 is 0 Å². The third-order valence-electron chi connectivity index (χ3n) is 7.79. The van der Waals surface area contributed by atoms with Crippen molar-refractivity contribution in [1.29, 1.82) is 0 Å². The Morgan fingerprint density at radius 1 is 1.20 bits per heavy atom. The first-order chi connectivity index (χ1) is 19.2. The maximum absolute atomic E-state index is 13.6. The lowest BCUT2D eigenvalue weighted by Crippen LogP contribution is -2.49. The number of rotatable bonds is 8. The predicted octanol–water partition coefficient (Wildman–Crippen LogP) is 2.90. The number of likely N-dealkylation sites (tertiary alicyclic amines) is 1. The van der Waals surface area contributed by atoms with E-state index in [1.807, 2.05) is 18.2 Å². The zero-order chi connectivity index (χ0) is 28.4. The molecule has 0 aliphatic carbocycles. The van der Waals surface area contributed by atoms with Crippen LogP contribution in [0.5, 0.6) is 5.75 Å². The minimum absolute atomic E-state index is 0.0467. The van der Waals surface area contributed by atoms with Gasteiger partial charge in [-0.15, -0.1) is 0 Å². The number of hydroxylamine groups is 1. The van der Waals surface area contributed by atoms with Crippen molar-refractivity contribution in [2.75, 3.05) is 55.2 Å². The second-order valence-electron chi connectivity index (χ2n) is 10.3. The van der Waals surface area contributed by atoms with Gasteiger partial charge in [0.2, 0.25) is 11.9 Å². The molecule has 0 atom stereocenters.